The molecule has 1 heterocycles. The van der Waals surface area contributed by atoms with Crippen LogP contribution in [0, 0.1) is 14.9 Å². The second-order valence-electron chi connectivity index (χ2n) is 4.96. The SMILES string of the molecule is COc1cccc(-c2n[nH]c(=S)n2N=Cc2ccccc2[N+](=O)[O-])c1. The fraction of sp³-hybridized carbons (Fsp3) is 0.0625. The van der Waals surface area contributed by atoms with Crippen LogP contribution in [0.2, 0.25) is 0 Å². The third-order valence-electron chi connectivity index (χ3n) is 3.42. The summed E-state index contributed by atoms with van der Waals surface area (Å²) < 4.78 is 6.88. The van der Waals surface area contributed by atoms with E-state index in [1.165, 1.54) is 17.0 Å². The second-order valence-corrected chi connectivity index (χ2v) is 5.34. The Hall–Kier alpha value is -3.33. The molecular weight excluding hydrogens is 342 g/mol. The molecule has 0 spiro atoms. The Balaban J connectivity index is 2.04. The minimum absolute atomic E-state index is 0.0378. The average molecular weight is 355 g/mol. The smallest absolute Gasteiger partial charge is 0.278 e. The van der Waals surface area contributed by atoms with Crippen molar-refractivity contribution in [3.05, 3.63) is 69.0 Å². The number of para-hydroxylation sites is 1. The van der Waals surface area contributed by atoms with Gasteiger partial charge in [-0.05, 0) is 30.4 Å². The number of ether oxygens (including phenoxy) is 1. The Morgan fingerprint density at radius 1 is 1.32 bits per heavy atom. The predicted molar refractivity (Wildman–Crippen MR) is 95.5 cm³/mol. The maximum Gasteiger partial charge on any atom is 0.278 e. The average Bonchev–Trinajstić information content (AvgIpc) is 3.00. The van der Waals surface area contributed by atoms with Gasteiger partial charge in [0.2, 0.25) is 4.77 Å². The van der Waals surface area contributed by atoms with E-state index in [1.54, 1.807) is 31.4 Å². The maximum absolute atomic E-state index is 11.1. The molecule has 0 atom stereocenters. The van der Waals surface area contributed by atoms with Gasteiger partial charge in [0.05, 0.1) is 23.8 Å². The van der Waals surface area contributed by atoms with Gasteiger partial charge in [0.15, 0.2) is 5.82 Å². The molecule has 126 valence electrons. The van der Waals surface area contributed by atoms with E-state index in [-0.39, 0.29) is 10.5 Å². The number of aromatic amines is 1. The maximum atomic E-state index is 11.1. The lowest BCUT2D eigenvalue weighted by Crippen LogP contribution is -1.98. The van der Waals surface area contributed by atoms with Gasteiger partial charge >= 0.3 is 0 Å². The first-order valence-electron chi connectivity index (χ1n) is 7.20. The number of aromatic nitrogens is 3. The van der Waals surface area contributed by atoms with Crippen LogP contribution in [-0.2, 0) is 0 Å². The van der Waals surface area contributed by atoms with Crippen LogP contribution in [0.25, 0.3) is 11.4 Å². The van der Waals surface area contributed by atoms with Crippen molar-refractivity contribution in [2.24, 2.45) is 5.10 Å². The van der Waals surface area contributed by atoms with Crippen LogP contribution >= 0.6 is 12.2 Å². The van der Waals surface area contributed by atoms with Crippen molar-refractivity contribution in [2.45, 2.75) is 0 Å². The Labute approximate surface area is 147 Å². The number of hydrogen-bond acceptors (Lipinski definition) is 6. The Kier molecular flexibility index (Phi) is 4.66. The molecule has 0 saturated heterocycles. The third kappa shape index (κ3) is 3.45. The zero-order valence-corrected chi connectivity index (χ0v) is 13.9. The zero-order chi connectivity index (χ0) is 17.8. The molecule has 9 heteroatoms. The summed E-state index contributed by atoms with van der Waals surface area (Å²) in [5.41, 5.74) is 1.07. The van der Waals surface area contributed by atoms with Crippen molar-refractivity contribution < 1.29 is 9.66 Å². The summed E-state index contributed by atoms with van der Waals surface area (Å²) >= 11 is 5.20. The lowest BCUT2D eigenvalue weighted by atomic mass is 10.2. The van der Waals surface area contributed by atoms with Crippen LogP contribution in [0.5, 0.6) is 5.75 Å². The van der Waals surface area contributed by atoms with Gasteiger partial charge in [-0.1, -0.05) is 24.3 Å². The normalized spacial score (nSPS) is 10.9. The summed E-state index contributed by atoms with van der Waals surface area (Å²) in [6.07, 6.45) is 1.38. The van der Waals surface area contributed by atoms with E-state index >= 15 is 0 Å². The standard InChI is InChI=1S/C16H13N5O3S/c1-24-13-7-4-6-11(9-13)15-18-19-16(25)20(15)17-10-12-5-2-3-8-14(12)21(22)23/h2-10H,1H3,(H,19,25). The lowest BCUT2D eigenvalue weighted by Gasteiger charge is -2.04. The number of methoxy groups -OCH3 is 1. The highest BCUT2D eigenvalue weighted by molar-refractivity contribution is 7.71. The van der Waals surface area contributed by atoms with Crippen LogP contribution in [-0.4, -0.2) is 33.1 Å². The fourth-order valence-corrected chi connectivity index (χ4v) is 2.41. The number of benzene rings is 2. The molecule has 25 heavy (non-hydrogen) atoms. The van der Waals surface area contributed by atoms with Gasteiger partial charge < -0.3 is 4.74 Å². The molecule has 3 aromatic rings. The van der Waals surface area contributed by atoms with Crippen molar-refractivity contribution in [1.29, 1.82) is 0 Å². The molecule has 0 amide bonds. The van der Waals surface area contributed by atoms with Gasteiger partial charge in [0.25, 0.3) is 5.69 Å². The van der Waals surface area contributed by atoms with E-state index in [1.807, 2.05) is 18.2 Å². The summed E-state index contributed by atoms with van der Waals surface area (Å²) in [5, 5.41) is 22.2. The van der Waals surface area contributed by atoms with Gasteiger partial charge in [-0.15, -0.1) is 0 Å². The minimum atomic E-state index is -0.459. The monoisotopic (exact) mass is 355 g/mol. The predicted octanol–water partition coefficient (Wildman–Crippen LogP) is 3.41. The summed E-state index contributed by atoms with van der Waals surface area (Å²) in [4.78, 5) is 10.6. The number of nitrogens with one attached hydrogen (secondary N) is 1. The summed E-state index contributed by atoms with van der Waals surface area (Å²) in [6, 6.07) is 13.6. The molecule has 8 nitrogen and oxygen atoms in total. The van der Waals surface area contributed by atoms with Gasteiger partial charge in [-0.25, -0.2) is 5.10 Å². The molecule has 0 fully saturated rings. The van der Waals surface area contributed by atoms with Gasteiger partial charge in [0.1, 0.15) is 5.75 Å². The molecule has 0 aliphatic carbocycles. The first-order chi connectivity index (χ1) is 12.1. The van der Waals surface area contributed by atoms with Crippen LogP contribution in [0.15, 0.2) is 53.6 Å². The molecule has 0 unspecified atom stereocenters. The van der Waals surface area contributed by atoms with E-state index in [0.29, 0.717) is 17.1 Å². The van der Waals surface area contributed by atoms with Gasteiger partial charge in [-0.3, -0.25) is 10.1 Å². The van der Waals surface area contributed by atoms with Crippen LogP contribution in [0.1, 0.15) is 5.56 Å². The number of nitro benzene ring substituents is 1. The highest BCUT2D eigenvalue weighted by atomic mass is 32.1. The van der Waals surface area contributed by atoms with Crippen molar-refractivity contribution in [2.75, 3.05) is 7.11 Å². The molecule has 0 radical (unpaired) electrons. The topological polar surface area (TPSA) is 98.3 Å². The Bertz CT molecular complexity index is 1010. The largest absolute Gasteiger partial charge is 0.497 e. The number of nitrogens with zero attached hydrogens (tertiary/aromatic N) is 4. The number of rotatable bonds is 5. The van der Waals surface area contributed by atoms with E-state index in [0.717, 1.165) is 5.56 Å². The number of nitro groups is 1. The lowest BCUT2D eigenvalue weighted by molar-refractivity contribution is -0.385. The van der Waals surface area contributed by atoms with Crippen molar-refractivity contribution in [1.82, 2.24) is 14.9 Å². The van der Waals surface area contributed by atoms with Crippen LogP contribution in [0.3, 0.4) is 0 Å². The summed E-state index contributed by atoms with van der Waals surface area (Å²) in [7, 11) is 1.57. The van der Waals surface area contributed by atoms with Crippen LogP contribution < -0.4 is 4.74 Å². The third-order valence-corrected chi connectivity index (χ3v) is 3.69. The van der Waals surface area contributed by atoms with Gasteiger partial charge in [0, 0.05) is 11.6 Å². The Morgan fingerprint density at radius 2 is 2.12 bits per heavy atom. The second kappa shape index (κ2) is 7.05. The summed E-state index contributed by atoms with van der Waals surface area (Å²) in [6.45, 7) is 0. The van der Waals surface area contributed by atoms with Gasteiger partial charge in [-0.2, -0.15) is 14.9 Å². The number of hydrogen-bond donors (Lipinski definition) is 1. The molecule has 0 bridgehead atoms. The molecule has 3 rings (SSSR count). The zero-order valence-electron chi connectivity index (χ0n) is 13.1. The van der Waals surface area contributed by atoms with Crippen molar-refractivity contribution >= 4 is 24.1 Å². The highest BCUT2D eigenvalue weighted by Gasteiger charge is 2.12. The molecule has 0 saturated carbocycles. The van der Waals surface area contributed by atoms with E-state index in [9.17, 15) is 10.1 Å². The first kappa shape index (κ1) is 16.5. The molecular formula is C16H13N5O3S. The van der Waals surface area contributed by atoms with Crippen molar-refractivity contribution in [3.8, 4) is 17.1 Å². The summed E-state index contributed by atoms with van der Waals surface area (Å²) in [5.74, 6) is 1.14. The Morgan fingerprint density at radius 3 is 2.88 bits per heavy atom. The molecule has 0 aliphatic rings. The minimum Gasteiger partial charge on any atom is -0.497 e. The molecule has 1 aromatic heterocycles. The van der Waals surface area contributed by atoms with E-state index < -0.39 is 4.92 Å². The molecule has 1 N–H and O–H groups in total. The quantitative estimate of drug-likeness (QED) is 0.327. The van der Waals surface area contributed by atoms with Crippen molar-refractivity contribution in [3.63, 3.8) is 0 Å². The first-order valence-corrected chi connectivity index (χ1v) is 7.60. The fourth-order valence-electron chi connectivity index (χ4n) is 2.23. The highest BCUT2D eigenvalue weighted by Crippen LogP contribution is 2.22. The van der Waals surface area contributed by atoms with E-state index in [4.69, 9.17) is 17.0 Å². The number of H-pyrrole nitrogens is 1. The molecule has 0 aliphatic heterocycles. The molecule has 2 aromatic carbocycles. The van der Waals surface area contributed by atoms with E-state index in [2.05, 4.69) is 15.3 Å². The van der Waals surface area contributed by atoms with Crippen LogP contribution in [0.4, 0.5) is 5.69 Å².